The highest BCUT2D eigenvalue weighted by Crippen LogP contribution is 2.23. The minimum atomic E-state index is -1.11. The number of carbonyl (C=O) groups is 3. The van der Waals surface area contributed by atoms with Crippen LogP contribution in [0, 0.1) is 13.8 Å². The molecular weight excluding hydrogens is 334 g/mol. The number of aromatic carboxylic acids is 1. The lowest BCUT2D eigenvalue weighted by Crippen LogP contribution is -2.14. The molecule has 136 valence electrons. The highest BCUT2D eigenvalue weighted by atomic mass is 16.5. The smallest absolute Gasteiger partial charge is 0.339 e. The van der Waals surface area contributed by atoms with Gasteiger partial charge in [-0.3, -0.25) is 9.59 Å². The molecule has 0 saturated carbocycles. The summed E-state index contributed by atoms with van der Waals surface area (Å²) in [4.78, 5) is 35.5. The third-order valence-electron chi connectivity index (χ3n) is 3.99. The van der Waals surface area contributed by atoms with E-state index in [1.54, 1.807) is 0 Å². The molecule has 0 radical (unpaired) electrons. The molecule has 0 aromatic heterocycles. The topological polar surface area (TPSA) is 92.7 Å². The van der Waals surface area contributed by atoms with Crippen LogP contribution in [-0.2, 0) is 4.79 Å². The summed E-state index contributed by atoms with van der Waals surface area (Å²) in [7, 11) is 1.36. The number of aryl methyl sites for hydroxylation is 2. The molecule has 0 unspecified atom stereocenters. The molecule has 2 aromatic rings. The maximum atomic E-state index is 12.3. The molecule has 2 N–H and O–H groups in total. The van der Waals surface area contributed by atoms with Crippen molar-refractivity contribution in [2.45, 2.75) is 26.7 Å². The highest BCUT2D eigenvalue weighted by molar-refractivity contribution is 6.01. The van der Waals surface area contributed by atoms with Crippen LogP contribution in [0.25, 0.3) is 0 Å². The second kappa shape index (κ2) is 8.29. The Balaban J connectivity index is 2.00. The summed E-state index contributed by atoms with van der Waals surface area (Å²) in [5.74, 6) is -1.37. The maximum Gasteiger partial charge on any atom is 0.339 e. The molecule has 0 atom stereocenters. The summed E-state index contributed by atoms with van der Waals surface area (Å²) in [6.45, 7) is 3.78. The molecule has 26 heavy (non-hydrogen) atoms. The van der Waals surface area contributed by atoms with E-state index in [0.29, 0.717) is 11.3 Å². The van der Waals surface area contributed by atoms with Crippen molar-refractivity contribution >= 4 is 23.3 Å². The van der Waals surface area contributed by atoms with Crippen molar-refractivity contribution in [3.8, 4) is 5.75 Å². The number of carboxylic acid groups (broad SMARTS) is 1. The minimum absolute atomic E-state index is 0.00981. The van der Waals surface area contributed by atoms with Gasteiger partial charge in [-0.15, -0.1) is 0 Å². The lowest BCUT2D eigenvalue weighted by Gasteiger charge is -2.10. The lowest BCUT2D eigenvalue weighted by atomic mass is 9.99. The first-order valence-electron chi connectivity index (χ1n) is 8.13. The van der Waals surface area contributed by atoms with Crippen molar-refractivity contribution in [2.24, 2.45) is 0 Å². The van der Waals surface area contributed by atoms with Crippen LogP contribution in [0.15, 0.2) is 36.4 Å². The number of methoxy groups -OCH3 is 1. The average Bonchev–Trinajstić information content (AvgIpc) is 2.61. The van der Waals surface area contributed by atoms with Gasteiger partial charge in [0.15, 0.2) is 5.78 Å². The minimum Gasteiger partial charge on any atom is -0.496 e. The number of carbonyl (C=O) groups excluding carboxylic acids is 2. The van der Waals surface area contributed by atoms with Gasteiger partial charge in [0.25, 0.3) is 0 Å². The molecule has 0 aliphatic carbocycles. The van der Waals surface area contributed by atoms with Crippen molar-refractivity contribution in [2.75, 3.05) is 12.4 Å². The van der Waals surface area contributed by atoms with Crippen LogP contribution in [0.2, 0.25) is 0 Å². The highest BCUT2D eigenvalue weighted by Gasteiger charge is 2.14. The molecular formula is C20H21NO5. The van der Waals surface area contributed by atoms with Crippen molar-refractivity contribution < 1.29 is 24.2 Å². The predicted octanol–water partition coefficient (Wildman–Crippen LogP) is 3.61. The number of ether oxygens (including phenoxy) is 1. The fraction of sp³-hybridized carbons (Fsp3) is 0.250. The first-order chi connectivity index (χ1) is 12.3. The molecule has 0 bridgehead atoms. The molecule has 1 amide bonds. The number of nitrogens with one attached hydrogen (secondary N) is 1. The number of rotatable bonds is 7. The fourth-order valence-electron chi connectivity index (χ4n) is 2.57. The van der Waals surface area contributed by atoms with E-state index in [0.717, 1.165) is 11.1 Å². The van der Waals surface area contributed by atoms with Gasteiger partial charge < -0.3 is 15.2 Å². The summed E-state index contributed by atoms with van der Waals surface area (Å²) < 4.78 is 5.02. The Hall–Kier alpha value is -3.15. The second-order valence-corrected chi connectivity index (χ2v) is 6.01. The zero-order valence-electron chi connectivity index (χ0n) is 15.0. The van der Waals surface area contributed by atoms with Gasteiger partial charge in [0, 0.05) is 30.2 Å². The van der Waals surface area contributed by atoms with Crippen LogP contribution in [-0.4, -0.2) is 29.9 Å². The summed E-state index contributed by atoms with van der Waals surface area (Å²) in [5, 5.41) is 11.7. The lowest BCUT2D eigenvalue weighted by molar-refractivity contribution is -0.116. The Morgan fingerprint density at radius 1 is 1.00 bits per heavy atom. The van der Waals surface area contributed by atoms with Gasteiger partial charge >= 0.3 is 5.97 Å². The van der Waals surface area contributed by atoms with Gasteiger partial charge in [0.05, 0.1) is 7.11 Å². The molecule has 2 aromatic carbocycles. The van der Waals surface area contributed by atoms with Crippen molar-refractivity contribution in [1.29, 1.82) is 0 Å². The van der Waals surface area contributed by atoms with Crippen LogP contribution in [0.1, 0.15) is 44.7 Å². The summed E-state index contributed by atoms with van der Waals surface area (Å²) in [6.07, 6.45) is 0.135. The SMILES string of the molecule is COc1cc(NC(=O)CCC(=O)c2cc(C)ccc2C)ccc1C(=O)O. The first kappa shape index (κ1) is 19.2. The van der Waals surface area contributed by atoms with E-state index in [1.165, 1.54) is 25.3 Å². The van der Waals surface area contributed by atoms with Gasteiger partial charge in [-0.2, -0.15) is 0 Å². The van der Waals surface area contributed by atoms with E-state index in [1.807, 2.05) is 32.0 Å². The number of Topliss-reactive ketones (excluding diaryl/α,β-unsaturated/α-hetero) is 1. The zero-order chi connectivity index (χ0) is 19.3. The molecule has 0 aliphatic heterocycles. The van der Waals surface area contributed by atoms with Gasteiger partial charge in [0.1, 0.15) is 11.3 Å². The molecule has 0 heterocycles. The van der Waals surface area contributed by atoms with Gasteiger partial charge in [-0.05, 0) is 37.6 Å². The Bertz CT molecular complexity index is 857. The number of amides is 1. The summed E-state index contributed by atoms with van der Waals surface area (Å²) in [5.41, 5.74) is 2.93. The number of ketones is 1. The Kier molecular flexibility index (Phi) is 6.11. The normalized spacial score (nSPS) is 10.3. The van der Waals surface area contributed by atoms with Gasteiger partial charge in [-0.25, -0.2) is 4.79 Å². The van der Waals surface area contributed by atoms with E-state index in [4.69, 9.17) is 9.84 Å². The summed E-state index contributed by atoms with van der Waals surface area (Å²) >= 11 is 0. The first-order valence-corrected chi connectivity index (χ1v) is 8.13. The molecule has 0 spiro atoms. The van der Waals surface area contributed by atoms with E-state index < -0.39 is 5.97 Å². The Morgan fingerprint density at radius 2 is 1.73 bits per heavy atom. The molecule has 0 saturated heterocycles. The zero-order valence-corrected chi connectivity index (χ0v) is 15.0. The van der Waals surface area contributed by atoms with E-state index in [9.17, 15) is 14.4 Å². The van der Waals surface area contributed by atoms with Crippen molar-refractivity contribution in [3.63, 3.8) is 0 Å². The number of benzene rings is 2. The van der Waals surface area contributed by atoms with Crippen molar-refractivity contribution in [1.82, 2.24) is 0 Å². The Labute approximate surface area is 151 Å². The van der Waals surface area contributed by atoms with E-state index in [-0.39, 0.29) is 35.8 Å². The third kappa shape index (κ3) is 4.69. The number of hydrogen-bond donors (Lipinski definition) is 2. The van der Waals surface area contributed by atoms with Crippen LogP contribution in [0.5, 0.6) is 5.75 Å². The van der Waals surface area contributed by atoms with Crippen LogP contribution in [0.3, 0.4) is 0 Å². The van der Waals surface area contributed by atoms with Crippen LogP contribution < -0.4 is 10.1 Å². The van der Waals surface area contributed by atoms with Gasteiger partial charge in [-0.1, -0.05) is 17.7 Å². The van der Waals surface area contributed by atoms with Crippen molar-refractivity contribution in [3.05, 3.63) is 58.7 Å². The van der Waals surface area contributed by atoms with E-state index >= 15 is 0 Å². The van der Waals surface area contributed by atoms with Crippen LogP contribution >= 0.6 is 0 Å². The van der Waals surface area contributed by atoms with Crippen LogP contribution in [0.4, 0.5) is 5.69 Å². The number of carboxylic acids is 1. The van der Waals surface area contributed by atoms with Gasteiger partial charge in [0.2, 0.25) is 5.91 Å². The number of hydrogen-bond acceptors (Lipinski definition) is 4. The largest absolute Gasteiger partial charge is 0.496 e. The Morgan fingerprint density at radius 3 is 2.38 bits per heavy atom. The monoisotopic (exact) mass is 355 g/mol. The number of anilines is 1. The predicted molar refractivity (Wildman–Crippen MR) is 98.1 cm³/mol. The van der Waals surface area contributed by atoms with E-state index in [2.05, 4.69) is 5.32 Å². The third-order valence-corrected chi connectivity index (χ3v) is 3.99. The molecule has 0 fully saturated rings. The quantitative estimate of drug-likeness (QED) is 0.740. The average molecular weight is 355 g/mol. The molecule has 0 aliphatic rings. The molecule has 6 heteroatoms. The fourth-order valence-corrected chi connectivity index (χ4v) is 2.57. The second-order valence-electron chi connectivity index (χ2n) is 6.01. The summed E-state index contributed by atoms with van der Waals surface area (Å²) in [6, 6.07) is 9.93. The standard InChI is InChI=1S/C20H21NO5/c1-12-4-5-13(2)16(10-12)17(22)8-9-19(23)21-14-6-7-15(20(24)25)18(11-14)26-3/h4-7,10-11H,8-9H2,1-3H3,(H,21,23)(H,24,25). The maximum absolute atomic E-state index is 12.3. The molecule has 6 nitrogen and oxygen atoms in total. The molecule has 2 rings (SSSR count).